The first-order valence-corrected chi connectivity index (χ1v) is 9.36. The van der Waals surface area contributed by atoms with Crippen molar-refractivity contribution in [3.8, 4) is 0 Å². The summed E-state index contributed by atoms with van der Waals surface area (Å²) >= 11 is 6.04. The highest BCUT2D eigenvalue weighted by Crippen LogP contribution is 2.25. The van der Waals surface area contributed by atoms with Crippen LogP contribution in [0.15, 0.2) is 27.9 Å². The standard InChI is InChI=1S/C18H25ClN4O5/c1-4-11-9-13(20-17(11)19)18(26)21-12-7-8-23(10-14(12)27-2)16(25)6-5-15(24)22-28-3/h5-6,12,14H,4,7-10H2,1-3H3,(H,21,26)(H,22,24)/b6-5+/t12-,14+/m1/s1. The predicted molar refractivity (Wildman–Crippen MR) is 103 cm³/mol. The molecule has 1 saturated heterocycles. The molecule has 2 N–H and O–H groups in total. The molecule has 0 aromatic carbocycles. The first kappa shape index (κ1) is 22.1. The molecule has 0 radical (unpaired) electrons. The molecule has 1 fully saturated rings. The fourth-order valence-electron chi connectivity index (χ4n) is 3.07. The fraction of sp³-hybridized carbons (Fsp3) is 0.556. The molecule has 0 spiro atoms. The molecular weight excluding hydrogens is 388 g/mol. The number of nitrogens with one attached hydrogen (secondary N) is 2. The van der Waals surface area contributed by atoms with Crippen LogP contribution in [0.4, 0.5) is 0 Å². The Labute approximate surface area is 168 Å². The van der Waals surface area contributed by atoms with Gasteiger partial charge in [-0.05, 0) is 18.4 Å². The Hall–Kier alpha value is -2.23. The van der Waals surface area contributed by atoms with Crippen molar-refractivity contribution in [2.45, 2.75) is 38.3 Å². The van der Waals surface area contributed by atoms with Crippen molar-refractivity contribution in [1.29, 1.82) is 0 Å². The van der Waals surface area contributed by atoms with Gasteiger partial charge in [0.25, 0.3) is 11.8 Å². The summed E-state index contributed by atoms with van der Waals surface area (Å²) in [6.07, 6.45) is 3.61. The average Bonchev–Trinajstić information content (AvgIpc) is 3.07. The number of carbonyl (C=O) groups is 3. The minimum absolute atomic E-state index is 0.255. The molecule has 2 heterocycles. The molecule has 0 aliphatic carbocycles. The van der Waals surface area contributed by atoms with E-state index in [9.17, 15) is 14.4 Å². The molecule has 154 valence electrons. The van der Waals surface area contributed by atoms with E-state index in [1.807, 2.05) is 6.92 Å². The number of amides is 3. The van der Waals surface area contributed by atoms with Crippen LogP contribution in [0.25, 0.3) is 0 Å². The SMILES string of the molecule is CCC1=C(Cl)N=C(C(=O)N[C@@H]2CCN(C(=O)/C=C/C(=O)NOC)C[C@@H]2OC)C1. The summed E-state index contributed by atoms with van der Waals surface area (Å²) in [5.74, 6) is -1.12. The van der Waals surface area contributed by atoms with E-state index in [1.165, 1.54) is 20.3 Å². The van der Waals surface area contributed by atoms with Gasteiger partial charge < -0.3 is 15.0 Å². The number of halogens is 1. The third-order valence-corrected chi connectivity index (χ3v) is 5.02. The molecule has 2 aliphatic rings. The van der Waals surface area contributed by atoms with Crippen LogP contribution >= 0.6 is 11.6 Å². The van der Waals surface area contributed by atoms with Gasteiger partial charge in [-0.15, -0.1) is 0 Å². The molecule has 0 aromatic heterocycles. The highest BCUT2D eigenvalue weighted by Gasteiger charge is 2.33. The van der Waals surface area contributed by atoms with Crippen LogP contribution in [0.2, 0.25) is 0 Å². The molecule has 3 amide bonds. The fourth-order valence-corrected chi connectivity index (χ4v) is 3.38. The number of likely N-dealkylation sites (tertiary alicyclic amines) is 1. The first-order valence-electron chi connectivity index (χ1n) is 8.98. The molecular formula is C18H25ClN4O5. The van der Waals surface area contributed by atoms with Crippen LogP contribution in [0.1, 0.15) is 26.2 Å². The van der Waals surface area contributed by atoms with Crippen LogP contribution in [0.3, 0.4) is 0 Å². The van der Waals surface area contributed by atoms with E-state index in [0.29, 0.717) is 36.8 Å². The summed E-state index contributed by atoms with van der Waals surface area (Å²) in [7, 11) is 2.83. The number of allylic oxidation sites excluding steroid dienone is 1. The lowest BCUT2D eigenvalue weighted by Gasteiger charge is -2.37. The molecule has 28 heavy (non-hydrogen) atoms. The number of methoxy groups -OCH3 is 1. The lowest BCUT2D eigenvalue weighted by Crippen LogP contribution is -2.56. The van der Waals surface area contributed by atoms with Gasteiger partial charge in [-0.25, -0.2) is 10.5 Å². The maximum atomic E-state index is 12.5. The van der Waals surface area contributed by atoms with Crippen LogP contribution < -0.4 is 10.8 Å². The summed E-state index contributed by atoms with van der Waals surface area (Å²) in [5, 5.41) is 3.33. The van der Waals surface area contributed by atoms with Crippen molar-refractivity contribution in [2.24, 2.45) is 4.99 Å². The van der Waals surface area contributed by atoms with Gasteiger partial charge in [0.05, 0.1) is 19.3 Å². The van der Waals surface area contributed by atoms with Crippen molar-refractivity contribution in [3.05, 3.63) is 22.9 Å². The van der Waals surface area contributed by atoms with Crippen LogP contribution in [0.5, 0.6) is 0 Å². The molecule has 0 unspecified atom stereocenters. The van der Waals surface area contributed by atoms with Crippen LogP contribution in [0, 0.1) is 0 Å². The molecule has 2 atom stereocenters. The Morgan fingerprint density at radius 2 is 2.07 bits per heavy atom. The maximum Gasteiger partial charge on any atom is 0.267 e. The predicted octanol–water partition coefficient (Wildman–Crippen LogP) is 0.657. The normalized spacial score (nSPS) is 22.4. The topological polar surface area (TPSA) is 109 Å². The third kappa shape index (κ3) is 5.63. The van der Waals surface area contributed by atoms with Gasteiger partial charge in [0.15, 0.2) is 0 Å². The van der Waals surface area contributed by atoms with E-state index < -0.39 is 5.91 Å². The Morgan fingerprint density at radius 3 is 2.68 bits per heavy atom. The third-order valence-electron chi connectivity index (χ3n) is 4.66. The van der Waals surface area contributed by atoms with Gasteiger partial charge in [-0.3, -0.25) is 19.2 Å². The van der Waals surface area contributed by atoms with E-state index >= 15 is 0 Å². The number of hydrogen-bond donors (Lipinski definition) is 2. The Bertz CT molecular complexity index is 719. The van der Waals surface area contributed by atoms with Gasteiger partial charge in [0.2, 0.25) is 5.91 Å². The van der Waals surface area contributed by atoms with E-state index in [1.54, 1.807) is 4.90 Å². The molecule has 9 nitrogen and oxygen atoms in total. The van der Waals surface area contributed by atoms with Crippen molar-refractivity contribution in [3.63, 3.8) is 0 Å². The van der Waals surface area contributed by atoms with Gasteiger partial charge in [0, 0.05) is 38.8 Å². The minimum atomic E-state index is -0.530. The lowest BCUT2D eigenvalue weighted by molar-refractivity contribution is -0.131. The van der Waals surface area contributed by atoms with Gasteiger partial charge in [-0.2, -0.15) is 0 Å². The number of piperidine rings is 1. The van der Waals surface area contributed by atoms with E-state index in [2.05, 4.69) is 20.6 Å². The van der Waals surface area contributed by atoms with E-state index in [-0.39, 0.29) is 24.0 Å². The summed E-state index contributed by atoms with van der Waals surface area (Å²) in [6, 6.07) is -0.255. The first-order chi connectivity index (χ1) is 13.4. The van der Waals surface area contributed by atoms with Crippen LogP contribution in [-0.2, 0) is 24.0 Å². The minimum Gasteiger partial charge on any atom is -0.377 e. The molecule has 0 aromatic rings. The highest BCUT2D eigenvalue weighted by atomic mass is 35.5. The van der Waals surface area contributed by atoms with Gasteiger partial charge in [0.1, 0.15) is 10.9 Å². The summed E-state index contributed by atoms with van der Waals surface area (Å²) in [4.78, 5) is 46.3. The zero-order chi connectivity index (χ0) is 20.7. The van der Waals surface area contributed by atoms with Gasteiger partial charge >= 0.3 is 0 Å². The number of rotatable bonds is 7. The Kier molecular flexibility index (Phi) is 8.16. The number of hydroxylamine groups is 1. The largest absolute Gasteiger partial charge is 0.377 e. The van der Waals surface area contributed by atoms with E-state index in [4.69, 9.17) is 16.3 Å². The summed E-state index contributed by atoms with van der Waals surface area (Å²) < 4.78 is 5.47. The smallest absolute Gasteiger partial charge is 0.267 e. The van der Waals surface area contributed by atoms with Gasteiger partial charge in [-0.1, -0.05) is 18.5 Å². The number of hydrogen-bond acceptors (Lipinski definition) is 6. The monoisotopic (exact) mass is 412 g/mol. The highest BCUT2D eigenvalue weighted by molar-refractivity contribution is 6.43. The molecule has 0 bridgehead atoms. The quantitative estimate of drug-likeness (QED) is 0.362. The van der Waals surface area contributed by atoms with Crippen molar-refractivity contribution in [1.82, 2.24) is 15.7 Å². The summed E-state index contributed by atoms with van der Waals surface area (Å²) in [6.45, 7) is 2.68. The second kappa shape index (κ2) is 10.4. The number of ether oxygens (including phenoxy) is 1. The number of carbonyl (C=O) groups excluding carboxylic acids is 3. The second-order valence-corrected chi connectivity index (χ2v) is 6.77. The summed E-state index contributed by atoms with van der Waals surface area (Å²) in [5.41, 5.74) is 3.43. The second-order valence-electron chi connectivity index (χ2n) is 6.41. The van der Waals surface area contributed by atoms with E-state index in [0.717, 1.165) is 18.1 Å². The van der Waals surface area contributed by atoms with Crippen LogP contribution in [-0.4, -0.2) is 67.8 Å². The zero-order valence-corrected chi connectivity index (χ0v) is 16.9. The van der Waals surface area contributed by atoms with Crippen molar-refractivity contribution >= 4 is 35.0 Å². The molecule has 10 heteroatoms. The average molecular weight is 413 g/mol. The molecule has 2 aliphatic heterocycles. The Morgan fingerprint density at radius 1 is 1.32 bits per heavy atom. The van der Waals surface area contributed by atoms with Crippen molar-refractivity contribution < 1.29 is 24.0 Å². The number of nitrogens with zero attached hydrogens (tertiary/aromatic N) is 2. The molecule has 0 saturated carbocycles. The maximum absolute atomic E-state index is 12.5. The molecule has 2 rings (SSSR count). The Balaban J connectivity index is 1.91. The number of aliphatic imine (C=N–C) groups is 1. The lowest BCUT2D eigenvalue weighted by atomic mass is 10.0. The van der Waals surface area contributed by atoms with Crippen molar-refractivity contribution in [2.75, 3.05) is 27.3 Å². The zero-order valence-electron chi connectivity index (χ0n) is 16.2.